The fourth-order valence-electron chi connectivity index (χ4n) is 1.50. The third-order valence-electron chi connectivity index (χ3n) is 2.44. The number of para-hydroxylation sites is 1. The van der Waals surface area contributed by atoms with Gasteiger partial charge in [-0.15, -0.1) is 0 Å². The molecule has 0 radical (unpaired) electrons. The van der Waals surface area contributed by atoms with E-state index >= 15 is 0 Å². The summed E-state index contributed by atoms with van der Waals surface area (Å²) in [6, 6.07) is 9.39. The molecule has 0 saturated carbocycles. The Morgan fingerprint density at radius 2 is 1.94 bits per heavy atom. The average Bonchev–Trinajstić information content (AvgIpc) is 2.28. The molecular weight excluding hydrogens is 280 g/mol. The van der Waals surface area contributed by atoms with Gasteiger partial charge in [-0.25, -0.2) is 4.98 Å². The van der Waals surface area contributed by atoms with Crippen LogP contribution in [0.5, 0.6) is 11.6 Å². The summed E-state index contributed by atoms with van der Waals surface area (Å²) in [5, 5.41) is 0. The van der Waals surface area contributed by atoms with Gasteiger partial charge in [-0.3, -0.25) is 0 Å². The predicted molar refractivity (Wildman–Crippen MR) is 72.3 cm³/mol. The number of hydrogen-bond donors (Lipinski definition) is 1. The molecular formula is C13H13BrN2O. The number of ether oxygens (including phenoxy) is 1. The van der Waals surface area contributed by atoms with Crippen LogP contribution < -0.4 is 10.5 Å². The minimum absolute atomic E-state index is 0.548. The van der Waals surface area contributed by atoms with E-state index in [9.17, 15) is 0 Å². The molecule has 4 heteroatoms. The molecule has 3 nitrogen and oxygen atoms in total. The third-order valence-corrected chi connectivity index (χ3v) is 3.28. The Labute approximate surface area is 109 Å². The molecule has 2 N–H and O–H groups in total. The van der Waals surface area contributed by atoms with Crippen LogP contribution in [0.2, 0.25) is 0 Å². The molecule has 1 aromatic carbocycles. The van der Waals surface area contributed by atoms with Gasteiger partial charge >= 0.3 is 0 Å². The van der Waals surface area contributed by atoms with Gasteiger partial charge in [0, 0.05) is 10.5 Å². The Morgan fingerprint density at radius 3 is 2.59 bits per heavy atom. The highest BCUT2D eigenvalue weighted by Crippen LogP contribution is 2.30. The molecule has 2 rings (SSSR count). The number of nitrogen functional groups attached to an aromatic ring is 1. The SMILES string of the molecule is Cc1cccc(N)c1Oc1ccc(Br)c(C)n1. The van der Waals surface area contributed by atoms with E-state index in [2.05, 4.69) is 20.9 Å². The summed E-state index contributed by atoms with van der Waals surface area (Å²) >= 11 is 3.40. The van der Waals surface area contributed by atoms with Crippen molar-refractivity contribution in [2.24, 2.45) is 0 Å². The van der Waals surface area contributed by atoms with Crippen LogP contribution in [0.1, 0.15) is 11.3 Å². The maximum atomic E-state index is 5.88. The Bertz CT molecular complexity index is 535. The van der Waals surface area contributed by atoms with Gasteiger partial charge in [0.25, 0.3) is 0 Å². The van der Waals surface area contributed by atoms with Gasteiger partial charge in [0.2, 0.25) is 5.88 Å². The smallest absolute Gasteiger partial charge is 0.219 e. The Kier molecular flexibility index (Phi) is 3.33. The van der Waals surface area contributed by atoms with Gasteiger partial charge in [0.15, 0.2) is 5.75 Å². The van der Waals surface area contributed by atoms with E-state index in [0.29, 0.717) is 17.3 Å². The van der Waals surface area contributed by atoms with E-state index < -0.39 is 0 Å². The fourth-order valence-corrected chi connectivity index (χ4v) is 1.72. The van der Waals surface area contributed by atoms with Crippen molar-refractivity contribution in [3.05, 3.63) is 46.1 Å². The van der Waals surface area contributed by atoms with Crippen LogP contribution in [0.15, 0.2) is 34.8 Å². The maximum Gasteiger partial charge on any atom is 0.219 e. The quantitative estimate of drug-likeness (QED) is 0.856. The topological polar surface area (TPSA) is 48.1 Å². The Morgan fingerprint density at radius 1 is 1.18 bits per heavy atom. The van der Waals surface area contributed by atoms with Gasteiger partial charge in [-0.2, -0.15) is 0 Å². The van der Waals surface area contributed by atoms with Crippen molar-refractivity contribution >= 4 is 21.6 Å². The lowest BCUT2D eigenvalue weighted by atomic mass is 10.2. The minimum Gasteiger partial charge on any atom is -0.437 e. The molecule has 0 bridgehead atoms. The molecule has 17 heavy (non-hydrogen) atoms. The zero-order valence-corrected chi connectivity index (χ0v) is 11.3. The number of halogens is 1. The van der Waals surface area contributed by atoms with E-state index in [4.69, 9.17) is 10.5 Å². The van der Waals surface area contributed by atoms with Crippen molar-refractivity contribution in [1.82, 2.24) is 4.98 Å². The number of anilines is 1. The number of nitrogens with two attached hydrogens (primary N) is 1. The van der Waals surface area contributed by atoms with E-state index in [-0.39, 0.29) is 0 Å². The van der Waals surface area contributed by atoms with Crippen LogP contribution in [0.3, 0.4) is 0 Å². The molecule has 1 aromatic heterocycles. The van der Waals surface area contributed by atoms with Gasteiger partial charge in [0.1, 0.15) is 0 Å². The van der Waals surface area contributed by atoms with Crippen molar-refractivity contribution in [2.75, 3.05) is 5.73 Å². The summed E-state index contributed by atoms with van der Waals surface area (Å²) in [5.41, 5.74) is 8.37. The maximum absolute atomic E-state index is 5.88. The molecule has 0 saturated heterocycles. The zero-order chi connectivity index (χ0) is 12.4. The lowest BCUT2D eigenvalue weighted by Gasteiger charge is -2.11. The first kappa shape index (κ1) is 11.9. The third kappa shape index (κ3) is 2.58. The van der Waals surface area contributed by atoms with Crippen LogP contribution in [0.25, 0.3) is 0 Å². The molecule has 0 aliphatic carbocycles. The lowest BCUT2D eigenvalue weighted by Crippen LogP contribution is -1.96. The second-order valence-electron chi connectivity index (χ2n) is 3.81. The van der Waals surface area contributed by atoms with E-state index in [0.717, 1.165) is 15.7 Å². The first-order valence-electron chi connectivity index (χ1n) is 5.24. The van der Waals surface area contributed by atoms with Crippen molar-refractivity contribution in [1.29, 1.82) is 0 Å². The van der Waals surface area contributed by atoms with Crippen LogP contribution >= 0.6 is 15.9 Å². The number of aromatic nitrogens is 1. The van der Waals surface area contributed by atoms with E-state index in [1.54, 1.807) is 0 Å². The van der Waals surface area contributed by atoms with Crippen LogP contribution in [0, 0.1) is 13.8 Å². The van der Waals surface area contributed by atoms with Gasteiger partial charge in [-0.1, -0.05) is 12.1 Å². The molecule has 0 amide bonds. The van der Waals surface area contributed by atoms with E-state index in [1.165, 1.54) is 0 Å². The van der Waals surface area contributed by atoms with Gasteiger partial charge in [0.05, 0.1) is 11.4 Å². The highest BCUT2D eigenvalue weighted by Gasteiger charge is 2.07. The molecule has 88 valence electrons. The van der Waals surface area contributed by atoms with Crippen molar-refractivity contribution in [2.45, 2.75) is 13.8 Å². The van der Waals surface area contributed by atoms with E-state index in [1.807, 2.05) is 44.2 Å². The average molecular weight is 293 g/mol. The van der Waals surface area contributed by atoms with Gasteiger partial charge < -0.3 is 10.5 Å². The molecule has 0 aliphatic heterocycles. The fraction of sp³-hybridized carbons (Fsp3) is 0.154. The number of pyridine rings is 1. The number of aryl methyl sites for hydroxylation is 2. The summed E-state index contributed by atoms with van der Waals surface area (Å²) < 4.78 is 6.68. The normalized spacial score (nSPS) is 10.3. The molecule has 0 atom stereocenters. The minimum atomic E-state index is 0.548. The Balaban J connectivity index is 2.35. The predicted octanol–water partition coefficient (Wildman–Crippen LogP) is 3.84. The summed E-state index contributed by atoms with van der Waals surface area (Å²) in [4.78, 5) is 4.33. The number of nitrogens with zero attached hydrogens (tertiary/aromatic N) is 1. The first-order chi connectivity index (χ1) is 8.08. The lowest BCUT2D eigenvalue weighted by molar-refractivity contribution is 0.460. The Hall–Kier alpha value is -1.55. The van der Waals surface area contributed by atoms with Crippen molar-refractivity contribution < 1.29 is 4.74 Å². The van der Waals surface area contributed by atoms with Crippen LogP contribution in [0.4, 0.5) is 5.69 Å². The van der Waals surface area contributed by atoms with Crippen molar-refractivity contribution in [3.63, 3.8) is 0 Å². The molecule has 0 spiro atoms. The summed E-state index contributed by atoms with van der Waals surface area (Å²) in [6.45, 7) is 3.87. The number of hydrogen-bond acceptors (Lipinski definition) is 3. The first-order valence-corrected chi connectivity index (χ1v) is 6.03. The zero-order valence-electron chi connectivity index (χ0n) is 9.70. The van der Waals surface area contributed by atoms with Crippen molar-refractivity contribution in [3.8, 4) is 11.6 Å². The molecule has 2 aromatic rings. The molecule has 1 heterocycles. The summed E-state index contributed by atoms with van der Waals surface area (Å²) in [6.07, 6.45) is 0. The highest BCUT2D eigenvalue weighted by atomic mass is 79.9. The number of rotatable bonds is 2. The van der Waals surface area contributed by atoms with Crippen LogP contribution in [-0.4, -0.2) is 4.98 Å². The van der Waals surface area contributed by atoms with Gasteiger partial charge in [-0.05, 0) is 47.5 Å². The number of benzene rings is 1. The summed E-state index contributed by atoms with van der Waals surface area (Å²) in [7, 11) is 0. The molecule has 0 aliphatic rings. The standard InChI is InChI=1S/C13H13BrN2O/c1-8-4-3-5-11(15)13(8)17-12-7-6-10(14)9(2)16-12/h3-7H,15H2,1-2H3. The second kappa shape index (κ2) is 4.75. The molecule has 0 fully saturated rings. The second-order valence-corrected chi connectivity index (χ2v) is 4.67. The monoisotopic (exact) mass is 292 g/mol. The molecule has 0 unspecified atom stereocenters. The van der Waals surface area contributed by atoms with Crippen LogP contribution in [-0.2, 0) is 0 Å². The largest absolute Gasteiger partial charge is 0.437 e. The summed E-state index contributed by atoms with van der Waals surface area (Å²) in [5.74, 6) is 1.22. The highest BCUT2D eigenvalue weighted by molar-refractivity contribution is 9.10.